The zero-order valence-electron chi connectivity index (χ0n) is 25.1. The third kappa shape index (κ3) is 7.79. The highest BCUT2D eigenvalue weighted by Gasteiger charge is 2.33. The minimum Gasteiger partial charge on any atom is -0.352 e. The van der Waals surface area contributed by atoms with E-state index in [9.17, 15) is 18.0 Å². The second kappa shape index (κ2) is 14.0. The summed E-state index contributed by atoms with van der Waals surface area (Å²) < 4.78 is 29.1. The molecule has 1 fully saturated rings. The van der Waals surface area contributed by atoms with Crippen molar-refractivity contribution in [2.45, 2.75) is 89.2 Å². The van der Waals surface area contributed by atoms with Crippen LogP contribution in [0.15, 0.2) is 83.8 Å². The van der Waals surface area contributed by atoms with Crippen molar-refractivity contribution in [3.05, 3.63) is 95.6 Å². The van der Waals surface area contributed by atoms with E-state index in [1.165, 1.54) is 23.5 Å². The van der Waals surface area contributed by atoms with Gasteiger partial charge in [0, 0.05) is 12.6 Å². The van der Waals surface area contributed by atoms with Gasteiger partial charge in [0.2, 0.25) is 11.8 Å². The number of anilines is 1. The van der Waals surface area contributed by atoms with E-state index in [-0.39, 0.29) is 29.3 Å². The second-order valence-electron chi connectivity index (χ2n) is 11.6. The van der Waals surface area contributed by atoms with Crippen LogP contribution in [0, 0.1) is 6.92 Å². The predicted molar refractivity (Wildman–Crippen MR) is 168 cm³/mol. The van der Waals surface area contributed by atoms with Crippen molar-refractivity contribution in [2.24, 2.45) is 0 Å². The van der Waals surface area contributed by atoms with E-state index < -0.39 is 28.5 Å². The molecule has 0 aromatic heterocycles. The van der Waals surface area contributed by atoms with Gasteiger partial charge >= 0.3 is 0 Å². The third-order valence-corrected chi connectivity index (χ3v) is 9.84. The van der Waals surface area contributed by atoms with Crippen molar-refractivity contribution in [3.63, 3.8) is 0 Å². The van der Waals surface area contributed by atoms with E-state index >= 15 is 0 Å². The van der Waals surface area contributed by atoms with Gasteiger partial charge in [-0.3, -0.25) is 13.9 Å². The molecule has 0 spiro atoms. The molecule has 1 saturated carbocycles. The Kier molecular flexibility index (Phi) is 10.4. The molecule has 224 valence electrons. The van der Waals surface area contributed by atoms with Crippen LogP contribution in [0.25, 0.3) is 0 Å². The number of nitrogens with one attached hydrogen (secondary N) is 1. The zero-order valence-corrected chi connectivity index (χ0v) is 25.9. The molecule has 3 aromatic rings. The number of carbonyl (C=O) groups excluding carboxylic acids is 2. The summed E-state index contributed by atoms with van der Waals surface area (Å²) >= 11 is 0. The van der Waals surface area contributed by atoms with Crippen LogP contribution < -0.4 is 9.62 Å². The van der Waals surface area contributed by atoms with E-state index in [0.717, 1.165) is 46.7 Å². The van der Waals surface area contributed by atoms with Crippen LogP contribution in [0.1, 0.15) is 75.5 Å². The Morgan fingerprint density at radius 1 is 0.857 bits per heavy atom. The smallest absolute Gasteiger partial charge is 0.264 e. The van der Waals surface area contributed by atoms with Gasteiger partial charge in [0.05, 0.1) is 10.6 Å². The highest BCUT2D eigenvalue weighted by atomic mass is 32.2. The van der Waals surface area contributed by atoms with Crippen molar-refractivity contribution < 1.29 is 18.0 Å². The van der Waals surface area contributed by atoms with E-state index in [0.29, 0.717) is 5.69 Å². The van der Waals surface area contributed by atoms with Crippen LogP contribution in [0.4, 0.5) is 5.69 Å². The van der Waals surface area contributed by atoms with Crippen LogP contribution in [0.5, 0.6) is 0 Å². The fourth-order valence-corrected chi connectivity index (χ4v) is 6.75. The van der Waals surface area contributed by atoms with Crippen LogP contribution in [0.2, 0.25) is 0 Å². The topological polar surface area (TPSA) is 86.8 Å². The lowest BCUT2D eigenvalue weighted by Crippen LogP contribution is -2.53. The number of aryl methyl sites for hydroxylation is 1. The van der Waals surface area contributed by atoms with Gasteiger partial charge in [0.15, 0.2) is 0 Å². The zero-order chi connectivity index (χ0) is 30.3. The lowest BCUT2D eigenvalue weighted by atomic mass is 9.95. The van der Waals surface area contributed by atoms with Gasteiger partial charge in [-0.05, 0) is 68.0 Å². The highest BCUT2D eigenvalue weighted by Crippen LogP contribution is 2.27. The summed E-state index contributed by atoms with van der Waals surface area (Å²) in [5.74, 6) is -0.399. The largest absolute Gasteiger partial charge is 0.352 e. The van der Waals surface area contributed by atoms with Gasteiger partial charge in [0.1, 0.15) is 12.6 Å². The third-order valence-electron chi connectivity index (χ3n) is 8.05. The molecule has 8 heteroatoms. The Hall–Kier alpha value is -3.65. The van der Waals surface area contributed by atoms with Crippen molar-refractivity contribution in [3.8, 4) is 0 Å². The molecule has 0 heterocycles. The first-order valence-corrected chi connectivity index (χ1v) is 16.3. The van der Waals surface area contributed by atoms with Crippen molar-refractivity contribution in [1.29, 1.82) is 0 Å². The van der Waals surface area contributed by atoms with Crippen LogP contribution >= 0.6 is 0 Å². The van der Waals surface area contributed by atoms with Gasteiger partial charge in [-0.25, -0.2) is 8.42 Å². The average molecular weight is 590 g/mol. The molecule has 42 heavy (non-hydrogen) atoms. The fraction of sp³-hybridized carbons (Fsp3) is 0.412. The maximum Gasteiger partial charge on any atom is 0.264 e. The monoisotopic (exact) mass is 589 g/mol. The first-order chi connectivity index (χ1) is 20.1. The minimum absolute atomic E-state index is 0.0962. The summed E-state index contributed by atoms with van der Waals surface area (Å²) in [4.78, 5) is 29.2. The quantitative estimate of drug-likeness (QED) is 0.289. The number of hydrogen-bond acceptors (Lipinski definition) is 4. The normalized spacial score (nSPS) is 14.8. The molecule has 0 radical (unpaired) electrons. The predicted octanol–water partition coefficient (Wildman–Crippen LogP) is 6.18. The lowest BCUT2D eigenvalue weighted by Gasteiger charge is -2.33. The van der Waals surface area contributed by atoms with Crippen LogP contribution in [-0.4, -0.2) is 43.8 Å². The molecule has 0 saturated heterocycles. The summed E-state index contributed by atoms with van der Waals surface area (Å²) in [6.45, 7) is 7.59. The maximum absolute atomic E-state index is 14.1. The molecule has 0 unspecified atom stereocenters. The maximum atomic E-state index is 14.1. The molecule has 1 aliphatic rings. The number of carbonyl (C=O) groups is 2. The molecule has 4 rings (SSSR count). The van der Waals surface area contributed by atoms with Crippen molar-refractivity contribution in [2.75, 3.05) is 10.8 Å². The molecular formula is C34H43N3O4S. The van der Waals surface area contributed by atoms with E-state index in [1.54, 1.807) is 37.3 Å². The summed E-state index contributed by atoms with van der Waals surface area (Å²) in [5.41, 5.74) is 3.41. The molecule has 3 aromatic carbocycles. The summed E-state index contributed by atoms with van der Waals surface area (Å²) in [5, 5.41) is 3.14. The summed E-state index contributed by atoms with van der Waals surface area (Å²) in [7, 11) is -4.08. The standard InChI is InChI=1S/C34H43N3O4S/c1-25(2)29-19-21-31(22-20-29)37(42(40,41)32-13-9-6-10-14-32)24-33(38)36(23-28-17-15-26(3)16-18-28)27(4)34(39)35-30-11-7-5-8-12-30/h6,9-10,13-22,25,27,30H,5,7-8,11-12,23-24H2,1-4H3,(H,35,39)/t27-/m1/s1. The molecule has 0 bridgehead atoms. The van der Waals surface area contributed by atoms with Crippen molar-refractivity contribution in [1.82, 2.24) is 10.2 Å². The van der Waals surface area contributed by atoms with Gasteiger partial charge in [0.25, 0.3) is 10.0 Å². The average Bonchev–Trinajstić information content (AvgIpc) is 3.00. The number of amides is 2. The molecule has 7 nitrogen and oxygen atoms in total. The van der Waals surface area contributed by atoms with Crippen molar-refractivity contribution >= 4 is 27.5 Å². The first kappa shape index (κ1) is 31.3. The molecule has 1 aliphatic carbocycles. The number of hydrogen-bond donors (Lipinski definition) is 1. The SMILES string of the molecule is Cc1ccc(CN(C(=O)CN(c2ccc(C(C)C)cc2)S(=O)(=O)c2ccccc2)[C@H](C)C(=O)NC2CCCCC2)cc1. The Bertz CT molecular complexity index is 1430. The Morgan fingerprint density at radius 2 is 1.48 bits per heavy atom. The highest BCUT2D eigenvalue weighted by molar-refractivity contribution is 7.92. The molecule has 0 aliphatic heterocycles. The van der Waals surface area contributed by atoms with Gasteiger partial charge < -0.3 is 10.2 Å². The van der Waals surface area contributed by atoms with Gasteiger partial charge in [-0.1, -0.05) is 93.3 Å². The summed E-state index contributed by atoms with van der Waals surface area (Å²) in [6.07, 6.45) is 5.18. The number of sulfonamides is 1. The number of nitrogens with zero attached hydrogens (tertiary/aromatic N) is 2. The Morgan fingerprint density at radius 3 is 2.07 bits per heavy atom. The van der Waals surface area contributed by atoms with E-state index in [2.05, 4.69) is 19.2 Å². The van der Waals surface area contributed by atoms with Gasteiger partial charge in [-0.15, -0.1) is 0 Å². The molecular weight excluding hydrogens is 546 g/mol. The lowest BCUT2D eigenvalue weighted by molar-refractivity contribution is -0.139. The van der Waals surface area contributed by atoms with Crippen LogP contribution in [0.3, 0.4) is 0 Å². The number of rotatable bonds is 11. The molecule has 2 amide bonds. The fourth-order valence-electron chi connectivity index (χ4n) is 5.32. The Labute approximate surface area is 251 Å². The van der Waals surface area contributed by atoms with Crippen LogP contribution in [-0.2, 0) is 26.2 Å². The first-order valence-electron chi connectivity index (χ1n) is 14.9. The number of benzene rings is 3. The Balaban J connectivity index is 1.67. The van der Waals surface area contributed by atoms with E-state index in [1.807, 2.05) is 43.3 Å². The minimum atomic E-state index is -4.08. The van der Waals surface area contributed by atoms with E-state index in [4.69, 9.17) is 0 Å². The second-order valence-corrected chi connectivity index (χ2v) is 13.5. The summed E-state index contributed by atoms with van der Waals surface area (Å²) in [6, 6.07) is 22.5. The molecule has 1 atom stereocenters. The molecule has 1 N–H and O–H groups in total. The van der Waals surface area contributed by atoms with Gasteiger partial charge in [-0.2, -0.15) is 0 Å².